The Labute approximate surface area is 161 Å². The molecule has 5 nitrogen and oxygen atoms in total. The number of carbonyl (C=O) groups excluding carboxylic acids is 2. The zero-order valence-electron chi connectivity index (χ0n) is 16.2. The van der Waals surface area contributed by atoms with Crippen molar-refractivity contribution in [3.8, 4) is 5.75 Å². The molecule has 1 aromatic rings. The summed E-state index contributed by atoms with van der Waals surface area (Å²) in [5.74, 6) is 1.02. The van der Waals surface area contributed by atoms with Crippen LogP contribution in [0.2, 0.25) is 0 Å². The third-order valence-corrected chi connectivity index (χ3v) is 6.57. The number of β-lactam (4-membered cyclic amide) rings is 1. The van der Waals surface area contributed by atoms with E-state index in [2.05, 4.69) is 5.32 Å². The molecule has 3 aliphatic rings. The Morgan fingerprint density at radius 2 is 1.70 bits per heavy atom. The molecular weight excluding hydrogens is 340 g/mol. The lowest BCUT2D eigenvalue weighted by Gasteiger charge is -2.53. The Kier molecular flexibility index (Phi) is 5.37. The Hall–Kier alpha value is -2.04. The summed E-state index contributed by atoms with van der Waals surface area (Å²) < 4.78 is 5.26. The van der Waals surface area contributed by atoms with Crippen LogP contribution in [0.5, 0.6) is 5.75 Å². The topological polar surface area (TPSA) is 58.6 Å². The van der Waals surface area contributed by atoms with Crippen LogP contribution in [0.15, 0.2) is 24.3 Å². The van der Waals surface area contributed by atoms with Gasteiger partial charge < -0.3 is 15.0 Å². The van der Waals surface area contributed by atoms with Gasteiger partial charge in [0.1, 0.15) is 11.8 Å². The minimum atomic E-state index is -0.523. The molecule has 146 valence electrons. The molecule has 2 saturated carbocycles. The number of methoxy groups -OCH3 is 1. The minimum Gasteiger partial charge on any atom is -0.497 e. The maximum absolute atomic E-state index is 13.3. The van der Waals surface area contributed by atoms with Gasteiger partial charge in [0.15, 0.2) is 0 Å². The fourth-order valence-corrected chi connectivity index (χ4v) is 5.08. The summed E-state index contributed by atoms with van der Waals surface area (Å²) in [5.41, 5.74) is 0.876. The van der Waals surface area contributed by atoms with E-state index in [-0.39, 0.29) is 29.8 Å². The second-order valence-electron chi connectivity index (χ2n) is 8.22. The number of likely N-dealkylation sites (tertiary alicyclic amines) is 1. The number of amides is 2. The summed E-state index contributed by atoms with van der Waals surface area (Å²) >= 11 is 0. The van der Waals surface area contributed by atoms with Crippen LogP contribution in [-0.2, 0) is 9.59 Å². The molecule has 1 aliphatic heterocycles. The molecule has 1 saturated heterocycles. The van der Waals surface area contributed by atoms with Crippen LogP contribution in [0.1, 0.15) is 69.4 Å². The van der Waals surface area contributed by atoms with Crippen molar-refractivity contribution < 1.29 is 14.3 Å². The number of nitrogens with one attached hydrogen (secondary N) is 1. The molecule has 1 N–H and O–H groups in total. The van der Waals surface area contributed by atoms with Gasteiger partial charge in [0, 0.05) is 12.1 Å². The maximum atomic E-state index is 13.3. The van der Waals surface area contributed by atoms with Crippen LogP contribution in [0.3, 0.4) is 0 Å². The number of carbonyl (C=O) groups is 2. The highest BCUT2D eigenvalue weighted by Gasteiger charge is 2.52. The summed E-state index contributed by atoms with van der Waals surface area (Å²) in [6.45, 7) is 0. The van der Waals surface area contributed by atoms with Gasteiger partial charge in [-0.15, -0.1) is 0 Å². The van der Waals surface area contributed by atoms with Gasteiger partial charge in [-0.2, -0.15) is 0 Å². The van der Waals surface area contributed by atoms with Gasteiger partial charge in [0.05, 0.1) is 13.0 Å². The number of hydrogen-bond donors (Lipinski definition) is 1. The Morgan fingerprint density at radius 3 is 2.41 bits per heavy atom. The molecule has 0 bridgehead atoms. The maximum Gasteiger partial charge on any atom is 0.247 e. The molecule has 3 atom stereocenters. The van der Waals surface area contributed by atoms with Gasteiger partial charge in [0.25, 0.3) is 0 Å². The van der Waals surface area contributed by atoms with Crippen molar-refractivity contribution in [3.05, 3.63) is 29.8 Å². The molecule has 0 aromatic heterocycles. The average molecular weight is 370 g/mol. The van der Waals surface area contributed by atoms with E-state index in [0.717, 1.165) is 49.8 Å². The van der Waals surface area contributed by atoms with Gasteiger partial charge in [-0.3, -0.25) is 9.59 Å². The molecule has 0 spiro atoms. The molecule has 3 fully saturated rings. The van der Waals surface area contributed by atoms with Crippen molar-refractivity contribution in [1.29, 1.82) is 0 Å². The van der Waals surface area contributed by atoms with Crippen LogP contribution >= 0.6 is 0 Å². The standard InChI is InChI=1S/C22H30N2O3/c1-27-17-13-11-15(12-14-17)20(21(25)23-16-7-3-2-4-8-16)24-19-10-6-5-9-18(19)22(24)26/h11-14,16,18-20H,2-10H2,1H3,(H,23,25)/t18-,19+,20?/m1/s1. The Balaban J connectivity index is 1.58. The van der Waals surface area contributed by atoms with Crippen LogP contribution in [0.25, 0.3) is 0 Å². The first-order chi connectivity index (χ1) is 13.2. The van der Waals surface area contributed by atoms with Crippen molar-refractivity contribution in [1.82, 2.24) is 10.2 Å². The van der Waals surface area contributed by atoms with Gasteiger partial charge in [0.2, 0.25) is 11.8 Å². The molecule has 2 amide bonds. The fraction of sp³-hybridized carbons (Fsp3) is 0.636. The predicted octanol–water partition coefficient (Wildman–Crippen LogP) is 3.59. The van der Waals surface area contributed by atoms with E-state index < -0.39 is 6.04 Å². The van der Waals surface area contributed by atoms with Crippen LogP contribution in [-0.4, -0.2) is 35.9 Å². The third-order valence-electron chi connectivity index (χ3n) is 6.57. The molecule has 4 rings (SSSR count). The van der Waals surface area contributed by atoms with Crippen LogP contribution in [0, 0.1) is 5.92 Å². The number of nitrogens with zero attached hydrogens (tertiary/aromatic N) is 1. The van der Waals surface area contributed by atoms with Crippen LogP contribution in [0.4, 0.5) is 0 Å². The lowest BCUT2D eigenvalue weighted by molar-refractivity contribution is -0.168. The van der Waals surface area contributed by atoms with Gasteiger partial charge >= 0.3 is 0 Å². The molecule has 5 heteroatoms. The highest BCUT2D eigenvalue weighted by Crippen LogP contribution is 2.43. The lowest BCUT2D eigenvalue weighted by atomic mass is 9.74. The first kappa shape index (κ1) is 18.3. The van der Waals surface area contributed by atoms with E-state index in [1.165, 1.54) is 19.3 Å². The van der Waals surface area contributed by atoms with Crippen molar-refractivity contribution in [2.24, 2.45) is 5.92 Å². The summed E-state index contributed by atoms with van der Waals surface area (Å²) in [7, 11) is 1.63. The second-order valence-corrected chi connectivity index (χ2v) is 8.22. The number of hydrogen-bond acceptors (Lipinski definition) is 3. The molecule has 1 aromatic carbocycles. The zero-order chi connectivity index (χ0) is 18.8. The summed E-state index contributed by atoms with van der Waals surface area (Å²) in [6.07, 6.45) is 9.94. The zero-order valence-corrected chi connectivity index (χ0v) is 16.2. The van der Waals surface area contributed by atoms with Crippen molar-refractivity contribution in [2.45, 2.75) is 75.9 Å². The smallest absolute Gasteiger partial charge is 0.247 e. The van der Waals surface area contributed by atoms with E-state index in [4.69, 9.17) is 4.74 Å². The second kappa shape index (κ2) is 7.91. The van der Waals surface area contributed by atoms with Crippen molar-refractivity contribution in [3.63, 3.8) is 0 Å². The molecular formula is C22H30N2O3. The average Bonchev–Trinajstić information content (AvgIpc) is 2.72. The Bertz CT molecular complexity index is 681. The fourth-order valence-electron chi connectivity index (χ4n) is 5.08. The largest absolute Gasteiger partial charge is 0.497 e. The number of rotatable bonds is 5. The van der Waals surface area contributed by atoms with E-state index in [1.807, 2.05) is 29.2 Å². The lowest BCUT2D eigenvalue weighted by Crippen LogP contribution is -2.65. The summed E-state index contributed by atoms with van der Waals surface area (Å²) in [6, 6.07) is 7.53. The molecule has 0 radical (unpaired) electrons. The molecule has 1 heterocycles. The summed E-state index contributed by atoms with van der Waals surface area (Å²) in [5, 5.41) is 3.25. The Morgan fingerprint density at radius 1 is 1.04 bits per heavy atom. The normalized spacial score (nSPS) is 26.7. The summed E-state index contributed by atoms with van der Waals surface area (Å²) in [4.78, 5) is 28.0. The van der Waals surface area contributed by atoms with E-state index in [0.29, 0.717) is 0 Å². The van der Waals surface area contributed by atoms with Gasteiger partial charge in [-0.05, 0) is 43.4 Å². The number of ether oxygens (including phenoxy) is 1. The molecule has 2 aliphatic carbocycles. The highest BCUT2D eigenvalue weighted by atomic mass is 16.5. The van der Waals surface area contributed by atoms with Crippen LogP contribution < -0.4 is 10.1 Å². The van der Waals surface area contributed by atoms with Gasteiger partial charge in [-0.25, -0.2) is 0 Å². The molecule has 27 heavy (non-hydrogen) atoms. The predicted molar refractivity (Wildman–Crippen MR) is 103 cm³/mol. The van der Waals surface area contributed by atoms with E-state index in [1.54, 1.807) is 7.11 Å². The number of fused-ring (bicyclic) bond motifs is 1. The quantitative estimate of drug-likeness (QED) is 0.806. The van der Waals surface area contributed by atoms with Crippen molar-refractivity contribution in [2.75, 3.05) is 7.11 Å². The third kappa shape index (κ3) is 3.56. The molecule has 1 unspecified atom stereocenters. The SMILES string of the molecule is COc1ccc(C(C(=O)NC2CCCCC2)N2C(=O)[C@@H]3CCCC[C@@H]32)cc1. The minimum absolute atomic E-state index is 0.0237. The van der Waals surface area contributed by atoms with E-state index >= 15 is 0 Å². The van der Waals surface area contributed by atoms with Crippen molar-refractivity contribution >= 4 is 11.8 Å². The monoisotopic (exact) mass is 370 g/mol. The number of benzene rings is 1. The van der Waals surface area contributed by atoms with Gasteiger partial charge in [-0.1, -0.05) is 44.2 Å². The first-order valence-electron chi connectivity index (χ1n) is 10.5. The highest BCUT2D eigenvalue weighted by molar-refractivity contribution is 5.93. The van der Waals surface area contributed by atoms with E-state index in [9.17, 15) is 9.59 Å². The first-order valence-corrected chi connectivity index (χ1v) is 10.5.